The van der Waals surface area contributed by atoms with E-state index in [4.69, 9.17) is 9.47 Å². The highest BCUT2D eigenvalue weighted by molar-refractivity contribution is 5.76. The lowest BCUT2D eigenvalue weighted by atomic mass is 9.92. The summed E-state index contributed by atoms with van der Waals surface area (Å²) in [6.45, 7) is 4.78. The van der Waals surface area contributed by atoms with Crippen LogP contribution in [0.25, 0.3) is 0 Å². The minimum Gasteiger partial charge on any atom is -0.494 e. The Bertz CT molecular complexity index is 651. The van der Waals surface area contributed by atoms with Crippen LogP contribution in [0.1, 0.15) is 30.4 Å². The molecule has 0 fully saturated rings. The van der Waals surface area contributed by atoms with E-state index in [0.29, 0.717) is 25.4 Å². The second-order valence-electron chi connectivity index (χ2n) is 5.29. The Morgan fingerprint density at radius 1 is 1.09 bits per heavy atom. The number of aryl methyl sites for hydroxylation is 1. The van der Waals surface area contributed by atoms with Gasteiger partial charge >= 0.3 is 5.97 Å². The van der Waals surface area contributed by atoms with Gasteiger partial charge in [0.1, 0.15) is 11.5 Å². The first-order chi connectivity index (χ1) is 11.1. The first-order valence-corrected chi connectivity index (χ1v) is 7.75. The second-order valence-corrected chi connectivity index (χ2v) is 5.29. The zero-order valence-corrected chi connectivity index (χ0v) is 13.5. The molecule has 0 spiro atoms. The Morgan fingerprint density at radius 3 is 2.43 bits per heavy atom. The molecule has 2 aromatic carbocycles. The maximum Gasteiger partial charge on any atom is 0.311 e. The van der Waals surface area contributed by atoms with Gasteiger partial charge in [0.25, 0.3) is 0 Å². The lowest BCUT2D eigenvalue weighted by molar-refractivity contribution is -0.139. The monoisotopic (exact) mass is 314 g/mol. The van der Waals surface area contributed by atoms with Gasteiger partial charge in [-0.1, -0.05) is 30.3 Å². The lowest BCUT2D eigenvalue weighted by Gasteiger charge is -2.16. The van der Waals surface area contributed by atoms with Crippen molar-refractivity contribution in [2.75, 3.05) is 13.2 Å². The summed E-state index contributed by atoms with van der Waals surface area (Å²) >= 11 is 0. The smallest absolute Gasteiger partial charge is 0.311 e. The van der Waals surface area contributed by atoms with Crippen LogP contribution in [-0.2, 0) is 4.79 Å². The largest absolute Gasteiger partial charge is 0.494 e. The van der Waals surface area contributed by atoms with Crippen LogP contribution in [0.15, 0.2) is 48.5 Å². The molecule has 0 heterocycles. The van der Waals surface area contributed by atoms with Crippen LogP contribution >= 0.6 is 0 Å². The van der Waals surface area contributed by atoms with Crippen LogP contribution in [0, 0.1) is 6.92 Å². The fourth-order valence-corrected chi connectivity index (χ4v) is 2.50. The maximum atomic E-state index is 11.6. The summed E-state index contributed by atoms with van der Waals surface area (Å²) in [7, 11) is 0. The van der Waals surface area contributed by atoms with Crippen LogP contribution in [0.3, 0.4) is 0 Å². The number of carboxylic acids is 1. The molecular formula is C19H22O4. The Kier molecular flexibility index (Phi) is 6.03. The molecule has 0 aliphatic carbocycles. The molecule has 0 radical (unpaired) electrons. The number of rotatable bonds is 8. The van der Waals surface area contributed by atoms with Crippen LogP contribution in [0.2, 0.25) is 0 Å². The standard InChI is InChI=1S/C19H22O4/c1-3-22-15-8-6-9-16(13-15)23-12-11-18(19(20)21)17-10-5-4-7-14(17)2/h4-10,13,18H,3,11-12H2,1-2H3,(H,20,21). The highest BCUT2D eigenvalue weighted by Crippen LogP contribution is 2.25. The molecule has 23 heavy (non-hydrogen) atoms. The molecule has 2 aromatic rings. The Hall–Kier alpha value is -2.49. The number of carbonyl (C=O) groups is 1. The SMILES string of the molecule is CCOc1cccc(OCCC(C(=O)O)c2ccccc2C)c1. The summed E-state index contributed by atoms with van der Waals surface area (Å²) in [6, 6.07) is 14.9. The van der Waals surface area contributed by atoms with Crippen molar-refractivity contribution < 1.29 is 19.4 Å². The van der Waals surface area contributed by atoms with Crippen LogP contribution in [0.5, 0.6) is 11.5 Å². The van der Waals surface area contributed by atoms with Crippen molar-refractivity contribution in [1.82, 2.24) is 0 Å². The van der Waals surface area contributed by atoms with Crippen molar-refractivity contribution in [2.45, 2.75) is 26.2 Å². The van der Waals surface area contributed by atoms with Gasteiger partial charge in [0.2, 0.25) is 0 Å². The Balaban J connectivity index is 1.99. The summed E-state index contributed by atoms with van der Waals surface area (Å²) in [5.41, 5.74) is 1.82. The van der Waals surface area contributed by atoms with Crippen molar-refractivity contribution in [3.05, 3.63) is 59.7 Å². The second kappa shape index (κ2) is 8.22. The van der Waals surface area contributed by atoms with E-state index >= 15 is 0 Å². The molecule has 4 nitrogen and oxygen atoms in total. The maximum absolute atomic E-state index is 11.6. The fraction of sp³-hybridized carbons (Fsp3) is 0.316. The molecule has 0 bridgehead atoms. The zero-order chi connectivity index (χ0) is 16.7. The van der Waals surface area contributed by atoms with Crippen LogP contribution in [-0.4, -0.2) is 24.3 Å². The topological polar surface area (TPSA) is 55.8 Å². The predicted octanol–water partition coefficient (Wildman–Crippen LogP) is 4.03. The summed E-state index contributed by atoms with van der Waals surface area (Å²) < 4.78 is 11.1. The van der Waals surface area contributed by atoms with E-state index in [9.17, 15) is 9.90 Å². The normalized spacial score (nSPS) is 11.7. The Morgan fingerprint density at radius 2 is 1.78 bits per heavy atom. The number of aliphatic carboxylic acids is 1. The van der Waals surface area contributed by atoms with E-state index in [2.05, 4.69) is 0 Å². The van der Waals surface area contributed by atoms with Gasteiger partial charge in [-0.15, -0.1) is 0 Å². The highest BCUT2D eigenvalue weighted by atomic mass is 16.5. The van der Waals surface area contributed by atoms with Gasteiger partial charge < -0.3 is 14.6 Å². The van der Waals surface area contributed by atoms with Crippen molar-refractivity contribution in [1.29, 1.82) is 0 Å². The van der Waals surface area contributed by atoms with E-state index in [0.717, 1.165) is 16.9 Å². The number of ether oxygens (including phenoxy) is 2. The number of carboxylic acid groups (broad SMARTS) is 1. The van der Waals surface area contributed by atoms with Gasteiger partial charge in [-0.25, -0.2) is 0 Å². The summed E-state index contributed by atoms with van der Waals surface area (Å²) in [5, 5.41) is 9.49. The minimum atomic E-state index is -0.828. The van der Waals surface area contributed by atoms with Gasteiger partial charge in [-0.05, 0) is 43.5 Å². The number of hydrogen-bond donors (Lipinski definition) is 1. The molecule has 1 unspecified atom stereocenters. The van der Waals surface area contributed by atoms with E-state index in [1.807, 2.05) is 62.4 Å². The molecule has 0 amide bonds. The van der Waals surface area contributed by atoms with Crippen molar-refractivity contribution in [3.8, 4) is 11.5 Å². The van der Waals surface area contributed by atoms with Crippen molar-refractivity contribution in [2.24, 2.45) is 0 Å². The molecule has 0 saturated heterocycles. The highest BCUT2D eigenvalue weighted by Gasteiger charge is 2.21. The van der Waals surface area contributed by atoms with Crippen LogP contribution < -0.4 is 9.47 Å². The van der Waals surface area contributed by atoms with E-state index in [-0.39, 0.29) is 0 Å². The lowest BCUT2D eigenvalue weighted by Crippen LogP contribution is -2.16. The molecule has 0 aliphatic heterocycles. The third-order valence-corrected chi connectivity index (χ3v) is 3.65. The predicted molar refractivity (Wildman–Crippen MR) is 89.3 cm³/mol. The van der Waals surface area contributed by atoms with E-state index < -0.39 is 11.9 Å². The minimum absolute atomic E-state index is 0.334. The third-order valence-electron chi connectivity index (χ3n) is 3.65. The quantitative estimate of drug-likeness (QED) is 0.799. The molecule has 1 N–H and O–H groups in total. The van der Waals surface area contributed by atoms with Gasteiger partial charge in [-0.3, -0.25) is 4.79 Å². The fourth-order valence-electron chi connectivity index (χ4n) is 2.50. The average molecular weight is 314 g/mol. The van der Waals surface area contributed by atoms with Gasteiger partial charge in [0, 0.05) is 6.07 Å². The molecule has 0 aliphatic rings. The molecular weight excluding hydrogens is 292 g/mol. The first kappa shape index (κ1) is 16.9. The number of hydrogen-bond acceptors (Lipinski definition) is 3. The zero-order valence-electron chi connectivity index (χ0n) is 13.5. The molecule has 4 heteroatoms. The molecule has 1 atom stereocenters. The van der Waals surface area contributed by atoms with Crippen molar-refractivity contribution in [3.63, 3.8) is 0 Å². The summed E-state index contributed by atoms with van der Waals surface area (Å²) in [5.74, 6) is 0.0424. The summed E-state index contributed by atoms with van der Waals surface area (Å²) in [6.07, 6.45) is 0.416. The first-order valence-electron chi connectivity index (χ1n) is 7.75. The molecule has 122 valence electrons. The molecule has 0 aromatic heterocycles. The van der Waals surface area contributed by atoms with Gasteiger partial charge in [-0.2, -0.15) is 0 Å². The average Bonchev–Trinajstić information content (AvgIpc) is 2.53. The summed E-state index contributed by atoms with van der Waals surface area (Å²) in [4.78, 5) is 11.6. The van der Waals surface area contributed by atoms with Crippen LogP contribution in [0.4, 0.5) is 0 Å². The number of benzene rings is 2. The van der Waals surface area contributed by atoms with Gasteiger partial charge in [0.15, 0.2) is 0 Å². The molecule has 2 rings (SSSR count). The Labute approximate surface area is 136 Å². The van der Waals surface area contributed by atoms with E-state index in [1.54, 1.807) is 0 Å². The van der Waals surface area contributed by atoms with Crippen molar-refractivity contribution >= 4 is 5.97 Å². The molecule has 0 saturated carbocycles. The van der Waals surface area contributed by atoms with Gasteiger partial charge in [0.05, 0.1) is 19.1 Å². The third kappa shape index (κ3) is 4.74. The van der Waals surface area contributed by atoms with E-state index in [1.165, 1.54) is 0 Å².